The lowest BCUT2D eigenvalue weighted by Crippen LogP contribution is -2.35. The summed E-state index contributed by atoms with van der Waals surface area (Å²) in [6.07, 6.45) is 3.69. The first kappa shape index (κ1) is 11.5. The van der Waals surface area contributed by atoms with Gasteiger partial charge in [-0.2, -0.15) is 0 Å². The van der Waals surface area contributed by atoms with Gasteiger partial charge in [0.2, 0.25) is 0 Å². The largest absolute Gasteiger partial charge is 0.462 e. The van der Waals surface area contributed by atoms with Gasteiger partial charge >= 0.3 is 5.97 Å². The zero-order valence-electron chi connectivity index (χ0n) is 9.75. The molecule has 2 nitrogen and oxygen atoms in total. The van der Waals surface area contributed by atoms with E-state index in [-0.39, 0.29) is 12.1 Å². The van der Waals surface area contributed by atoms with E-state index in [1.165, 1.54) is 19.8 Å². The molecular formula is C12H22O2. The van der Waals surface area contributed by atoms with Crippen LogP contribution in [0.1, 0.15) is 47.0 Å². The summed E-state index contributed by atoms with van der Waals surface area (Å²) in [6.45, 7) is 8.19. The van der Waals surface area contributed by atoms with Crippen LogP contribution in [0.15, 0.2) is 0 Å². The Morgan fingerprint density at radius 1 is 1.36 bits per heavy atom. The molecule has 0 spiro atoms. The first-order valence-corrected chi connectivity index (χ1v) is 5.68. The van der Waals surface area contributed by atoms with Crippen molar-refractivity contribution in [1.82, 2.24) is 0 Å². The van der Waals surface area contributed by atoms with Crippen LogP contribution in [-0.2, 0) is 9.53 Å². The Morgan fingerprint density at radius 3 is 2.50 bits per heavy atom. The molecule has 0 aliphatic heterocycles. The third-order valence-corrected chi connectivity index (χ3v) is 3.28. The number of ether oxygens (including phenoxy) is 1. The first-order chi connectivity index (χ1) is 6.50. The van der Waals surface area contributed by atoms with Gasteiger partial charge in [0, 0.05) is 6.92 Å². The summed E-state index contributed by atoms with van der Waals surface area (Å²) >= 11 is 0. The van der Waals surface area contributed by atoms with Crippen LogP contribution in [0.4, 0.5) is 0 Å². The lowest BCUT2D eigenvalue weighted by molar-refractivity contribution is -0.153. The molecule has 3 atom stereocenters. The Labute approximate surface area is 87.0 Å². The highest BCUT2D eigenvalue weighted by molar-refractivity contribution is 5.66. The van der Waals surface area contributed by atoms with Crippen molar-refractivity contribution in [2.24, 2.45) is 17.8 Å². The van der Waals surface area contributed by atoms with Gasteiger partial charge in [0.15, 0.2) is 0 Å². The molecule has 1 aliphatic carbocycles. The van der Waals surface area contributed by atoms with Gasteiger partial charge in [-0.25, -0.2) is 0 Å². The second-order valence-electron chi connectivity index (χ2n) is 4.97. The molecule has 82 valence electrons. The van der Waals surface area contributed by atoms with Crippen LogP contribution < -0.4 is 0 Å². The Balaban J connectivity index is 2.58. The average molecular weight is 198 g/mol. The molecule has 1 rings (SSSR count). The molecule has 0 bridgehead atoms. The summed E-state index contributed by atoms with van der Waals surface area (Å²) in [5, 5.41) is 0. The number of hydrogen-bond donors (Lipinski definition) is 0. The monoisotopic (exact) mass is 198 g/mol. The summed E-state index contributed by atoms with van der Waals surface area (Å²) in [4.78, 5) is 11.0. The minimum Gasteiger partial charge on any atom is -0.462 e. The predicted octanol–water partition coefficient (Wildman–Crippen LogP) is 3.01. The van der Waals surface area contributed by atoms with Crippen molar-refractivity contribution in [3.63, 3.8) is 0 Å². The fourth-order valence-electron chi connectivity index (χ4n) is 2.46. The molecule has 1 aliphatic rings. The van der Waals surface area contributed by atoms with Crippen molar-refractivity contribution in [2.45, 2.75) is 53.1 Å². The molecular weight excluding hydrogens is 176 g/mol. The molecule has 2 heteroatoms. The lowest BCUT2D eigenvalue weighted by Gasteiger charge is -2.36. The number of hydrogen-bond acceptors (Lipinski definition) is 2. The maximum Gasteiger partial charge on any atom is 0.302 e. The molecule has 0 aromatic carbocycles. The second kappa shape index (κ2) is 4.81. The molecule has 0 aromatic heterocycles. The molecule has 14 heavy (non-hydrogen) atoms. The maximum atomic E-state index is 11.0. The van der Waals surface area contributed by atoms with Crippen molar-refractivity contribution in [1.29, 1.82) is 0 Å². The van der Waals surface area contributed by atoms with E-state index >= 15 is 0 Å². The van der Waals surface area contributed by atoms with Crippen LogP contribution in [0.3, 0.4) is 0 Å². The minimum atomic E-state index is -0.130. The van der Waals surface area contributed by atoms with E-state index in [1.807, 2.05) is 0 Å². The van der Waals surface area contributed by atoms with Crippen LogP contribution in [0, 0.1) is 17.8 Å². The molecule has 0 N–H and O–H groups in total. The summed E-state index contributed by atoms with van der Waals surface area (Å²) in [5.74, 6) is 1.76. The van der Waals surface area contributed by atoms with Gasteiger partial charge in [-0.15, -0.1) is 0 Å². The van der Waals surface area contributed by atoms with E-state index in [9.17, 15) is 4.79 Å². The number of carbonyl (C=O) groups excluding carboxylic acids is 1. The SMILES string of the molecule is CC(=O)O[C@@H]1C[C@H](C)CC[C@@H]1C(C)C. The molecule has 0 amide bonds. The van der Waals surface area contributed by atoms with Crippen molar-refractivity contribution in [3.05, 3.63) is 0 Å². The zero-order valence-corrected chi connectivity index (χ0v) is 9.75. The molecule has 0 unspecified atom stereocenters. The van der Waals surface area contributed by atoms with Crippen LogP contribution in [0.5, 0.6) is 0 Å². The first-order valence-electron chi connectivity index (χ1n) is 5.68. The highest BCUT2D eigenvalue weighted by Crippen LogP contribution is 2.35. The molecule has 0 radical (unpaired) electrons. The predicted molar refractivity (Wildman–Crippen MR) is 56.9 cm³/mol. The third kappa shape index (κ3) is 3.00. The maximum absolute atomic E-state index is 11.0. The molecule has 0 heterocycles. The lowest BCUT2D eigenvalue weighted by atomic mass is 9.75. The summed E-state index contributed by atoms with van der Waals surface area (Å²) in [6, 6.07) is 0. The normalized spacial score (nSPS) is 33.1. The zero-order chi connectivity index (χ0) is 10.7. The van der Waals surface area contributed by atoms with Crippen molar-refractivity contribution in [2.75, 3.05) is 0 Å². The van der Waals surface area contributed by atoms with Gasteiger partial charge in [-0.3, -0.25) is 4.79 Å². The van der Waals surface area contributed by atoms with Crippen LogP contribution in [0.2, 0.25) is 0 Å². The van der Waals surface area contributed by atoms with E-state index < -0.39 is 0 Å². The number of carbonyl (C=O) groups is 1. The quantitative estimate of drug-likeness (QED) is 0.637. The van der Waals surface area contributed by atoms with Crippen molar-refractivity contribution in [3.8, 4) is 0 Å². The van der Waals surface area contributed by atoms with Gasteiger partial charge in [-0.1, -0.05) is 27.2 Å². The smallest absolute Gasteiger partial charge is 0.302 e. The topological polar surface area (TPSA) is 26.3 Å². The van der Waals surface area contributed by atoms with E-state index in [0.717, 1.165) is 6.42 Å². The van der Waals surface area contributed by atoms with Crippen LogP contribution in [0.25, 0.3) is 0 Å². The third-order valence-electron chi connectivity index (χ3n) is 3.28. The van der Waals surface area contributed by atoms with E-state index in [1.54, 1.807) is 0 Å². The Morgan fingerprint density at radius 2 is 2.00 bits per heavy atom. The second-order valence-corrected chi connectivity index (χ2v) is 4.97. The fourth-order valence-corrected chi connectivity index (χ4v) is 2.46. The van der Waals surface area contributed by atoms with Gasteiger partial charge in [-0.05, 0) is 30.6 Å². The van der Waals surface area contributed by atoms with Gasteiger partial charge < -0.3 is 4.74 Å². The molecule has 1 saturated carbocycles. The molecule has 1 fully saturated rings. The summed E-state index contributed by atoms with van der Waals surface area (Å²) < 4.78 is 5.40. The van der Waals surface area contributed by atoms with Gasteiger partial charge in [0.05, 0.1) is 0 Å². The Bertz CT molecular complexity index is 198. The van der Waals surface area contributed by atoms with Gasteiger partial charge in [0.25, 0.3) is 0 Å². The van der Waals surface area contributed by atoms with E-state index in [0.29, 0.717) is 17.8 Å². The summed E-state index contributed by atoms with van der Waals surface area (Å²) in [7, 11) is 0. The molecule has 0 aromatic rings. The number of esters is 1. The van der Waals surface area contributed by atoms with Crippen LogP contribution in [-0.4, -0.2) is 12.1 Å². The van der Waals surface area contributed by atoms with E-state index in [4.69, 9.17) is 4.74 Å². The van der Waals surface area contributed by atoms with Crippen LogP contribution >= 0.6 is 0 Å². The highest BCUT2D eigenvalue weighted by atomic mass is 16.5. The highest BCUT2D eigenvalue weighted by Gasteiger charge is 2.32. The number of rotatable bonds is 2. The minimum absolute atomic E-state index is 0.130. The standard InChI is InChI=1S/C12H22O2/c1-8(2)11-6-5-9(3)7-12(11)14-10(4)13/h8-9,11-12H,5-7H2,1-4H3/t9-,11-,12-/m1/s1. The van der Waals surface area contributed by atoms with Gasteiger partial charge in [0.1, 0.15) is 6.10 Å². The van der Waals surface area contributed by atoms with Crippen molar-refractivity contribution >= 4 is 5.97 Å². The average Bonchev–Trinajstić information content (AvgIpc) is 2.01. The summed E-state index contributed by atoms with van der Waals surface area (Å²) in [5.41, 5.74) is 0. The van der Waals surface area contributed by atoms with E-state index in [2.05, 4.69) is 20.8 Å². The van der Waals surface area contributed by atoms with Crippen molar-refractivity contribution < 1.29 is 9.53 Å². The Kier molecular flexibility index (Phi) is 3.97. The molecule has 0 saturated heterocycles. The fraction of sp³-hybridized carbons (Fsp3) is 0.917. The Hall–Kier alpha value is -0.530.